The van der Waals surface area contributed by atoms with Gasteiger partial charge in [0.2, 0.25) is 5.95 Å². The monoisotopic (exact) mass is 668 g/mol. The highest BCUT2D eigenvalue weighted by Crippen LogP contribution is 2.45. The molecule has 1 atom stereocenters. The lowest BCUT2D eigenvalue weighted by molar-refractivity contribution is -0.136. The number of fused-ring (bicyclic) bond motifs is 1. The number of sulfonamides is 1. The highest BCUT2D eigenvalue weighted by atomic mass is 79.9. The van der Waals surface area contributed by atoms with Gasteiger partial charge in [-0.05, 0) is 42.8 Å². The first-order valence-corrected chi connectivity index (χ1v) is 15.0. The number of carbonyl (C=O) groups is 2. The zero-order chi connectivity index (χ0) is 29.0. The van der Waals surface area contributed by atoms with E-state index in [0.717, 1.165) is 21.5 Å². The molecule has 10 nitrogen and oxygen atoms in total. The Morgan fingerprint density at radius 1 is 1.18 bits per heavy atom. The van der Waals surface area contributed by atoms with E-state index in [1.54, 1.807) is 19.1 Å². The molecule has 0 saturated carbocycles. The zero-order valence-corrected chi connectivity index (χ0v) is 25.2. The molecule has 210 valence electrons. The van der Waals surface area contributed by atoms with Crippen molar-refractivity contribution in [3.8, 4) is 0 Å². The molecule has 0 saturated heterocycles. The van der Waals surface area contributed by atoms with Crippen LogP contribution >= 0.6 is 39.1 Å². The Bertz CT molecular complexity index is 1650. The first-order chi connectivity index (χ1) is 18.9. The molecule has 0 spiro atoms. The molecule has 2 aliphatic rings. The molecule has 1 amide bonds. The van der Waals surface area contributed by atoms with Crippen LogP contribution in [-0.4, -0.2) is 59.5 Å². The predicted molar refractivity (Wildman–Crippen MR) is 152 cm³/mol. The number of esters is 1. The highest BCUT2D eigenvalue weighted by molar-refractivity contribution is 9.10. The van der Waals surface area contributed by atoms with Crippen LogP contribution in [0.5, 0.6) is 0 Å². The van der Waals surface area contributed by atoms with Gasteiger partial charge in [0.25, 0.3) is 15.9 Å². The highest BCUT2D eigenvalue weighted by Gasteiger charge is 2.52. The van der Waals surface area contributed by atoms with Crippen LogP contribution in [0.15, 0.2) is 69.5 Å². The molecule has 0 radical (unpaired) electrons. The summed E-state index contributed by atoms with van der Waals surface area (Å²) in [5, 5.41) is 10.6. The van der Waals surface area contributed by atoms with Gasteiger partial charge in [-0.3, -0.25) is 9.36 Å². The number of rotatable bonds is 6. The number of carbonyl (C=O) groups excluding carboxylic acids is 2. The Morgan fingerprint density at radius 2 is 1.82 bits per heavy atom. The number of anilines is 2. The van der Waals surface area contributed by atoms with Crippen molar-refractivity contribution in [2.45, 2.75) is 30.3 Å². The van der Waals surface area contributed by atoms with Crippen LogP contribution in [0.1, 0.15) is 18.9 Å². The van der Waals surface area contributed by atoms with E-state index in [2.05, 4.69) is 20.9 Å². The SMILES string of the molecule is COC(=O)C1=C(O)CCN(S(=O)(=O)c2cnc3n2[C@](C)(Cc2ccc(Br)cc2)C(=O)N3c2cc(Cl)cc(Cl)c2)C1. The molecule has 14 heteroatoms. The summed E-state index contributed by atoms with van der Waals surface area (Å²) in [4.78, 5) is 32.1. The molecule has 40 heavy (non-hydrogen) atoms. The molecule has 5 rings (SSSR count). The fraction of sp³-hybridized carbons (Fsp3) is 0.269. The quantitative estimate of drug-likeness (QED) is 0.368. The van der Waals surface area contributed by atoms with Crippen molar-refractivity contribution in [2.24, 2.45) is 0 Å². The van der Waals surface area contributed by atoms with Crippen LogP contribution in [-0.2, 0) is 36.3 Å². The van der Waals surface area contributed by atoms with Crippen LogP contribution < -0.4 is 4.90 Å². The lowest BCUT2D eigenvalue weighted by Crippen LogP contribution is -2.44. The number of aliphatic hydroxyl groups excluding tert-OH is 1. The molecule has 1 aromatic heterocycles. The number of halogens is 3. The summed E-state index contributed by atoms with van der Waals surface area (Å²) in [5.41, 5.74) is -0.457. The third kappa shape index (κ3) is 4.81. The number of ether oxygens (including phenoxy) is 1. The van der Waals surface area contributed by atoms with E-state index in [1.165, 1.54) is 21.7 Å². The average Bonchev–Trinajstić information content (AvgIpc) is 3.43. The van der Waals surface area contributed by atoms with Crippen molar-refractivity contribution < 1.29 is 27.9 Å². The number of hydrogen-bond acceptors (Lipinski definition) is 7. The second kappa shape index (κ2) is 10.5. The van der Waals surface area contributed by atoms with Crippen LogP contribution in [0, 0.1) is 0 Å². The standard InChI is InChI=1S/C26H23BrCl2N4O6S/c1-26(12-15-3-5-16(27)6-4-15)24(36)32(19-10-17(28)9-18(29)11-19)25-30-13-22(33(25)26)40(37,38)31-8-7-21(34)20(14-31)23(35)39-2/h3-6,9-11,13,34H,7-8,12,14H2,1-2H3/t26-/m1/s1. The van der Waals surface area contributed by atoms with Crippen LogP contribution in [0.4, 0.5) is 11.6 Å². The normalized spacial score (nSPS) is 19.7. The van der Waals surface area contributed by atoms with Gasteiger partial charge in [-0.2, -0.15) is 4.31 Å². The van der Waals surface area contributed by atoms with Gasteiger partial charge in [0.05, 0.1) is 24.6 Å². The molecule has 2 aromatic carbocycles. The number of nitrogens with zero attached hydrogens (tertiary/aromatic N) is 4. The van der Waals surface area contributed by atoms with Crippen molar-refractivity contribution in [3.05, 3.63) is 80.1 Å². The Balaban J connectivity index is 1.65. The minimum Gasteiger partial charge on any atom is -0.512 e. The number of aromatic nitrogens is 2. The Hall–Kier alpha value is -2.90. The summed E-state index contributed by atoms with van der Waals surface area (Å²) in [7, 11) is -3.17. The number of hydrogen-bond donors (Lipinski definition) is 1. The van der Waals surface area contributed by atoms with Crippen LogP contribution in [0.3, 0.4) is 0 Å². The van der Waals surface area contributed by atoms with Gasteiger partial charge in [0, 0.05) is 40.4 Å². The fourth-order valence-corrected chi connectivity index (χ4v) is 7.36. The number of methoxy groups -OCH3 is 1. The van der Waals surface area contributed by atoms with E-state index >= 15 is 0 Å². The predicted octanol–water partition coefficient (Wildman–Crippen LogP) is 4.97. The molecule has 3 aromatic rings. The minimum atomic E-state index is -4.32. The molecule has 0 fully saturated rings. The van der Waals surface area contributed by atoms with Crippen molar-refractivity contribution in [1.82, 2.24) is 13.9 Å². The molecule has 2 aliphatic heterocycles. The minimum absolute atomic E-state index is 0.0742. The van der Waals surface area contributed by atoms with E-state index in [-0.39, 0.29) is 51.7 Å². The zero-order valence-electron chi connectivity index (χ0n) is 21.3. The maximum atomic E-state index is 14.2. The molecular formula is C26H23BrCl2N4O6S. The summed E-state index contributed by atoms with van der Waals surface area (Å²) in [5.74, 6) is -1.41. The van der Waals surface area contributed by atoms with Gasteiger partial charge >= 0.3 is 5.97 Å². The van der Waals surface area contributed by atoms with Gasteiger partial charge in [0.1, 0.15) is 11.3 Å². The molecule has 1 N–H and O–H groups in total. The molecule has 0 unspecified atom stereocenters. The van der Waals surface area contributed by atoms with Crippen molar-refractivity contribution in [2.75, 3.05) is 25.1 Å². The maximum absolute atomic E-state index is 14.2. The molecular weight excluding hydrogens is 647 g/mol. The van der Waals surface area contributed by atoms with E-state index in [1.807, 2.05) is 24.3 Å². The molecule has 0 aliphatic carbocycles. The van der Waals surface area contributed by atoms with Crippen molar-refractivity contribution >= 4 is 72.7 Å². The van der Waals surface area contributed by atoms with E-state index < -0.39 is 34.0 Å². The second-order valence-corrected chi connectivity index (χ2v) is 13.3. The maximum Gasteiger partial charge on any atom is 0.338 e. The first kappa shape index (κ1) is 28.6. The van der Waals surface area contributed by atoms with E-state index in [0.29, 0.717) is 5.69 Å². The van der Waals surface area contributed by atoms with Gasteiger partial charge in [-0.1, -0.05) is 51.3 Å². The Kier molecular flexibility index (Phi) is 7.51. The largest absolute Gasteiger partial charge is 0.512 e. The van der Waals surface area contributed by atoms with Crippen LogP contribution in [0.2, 0.25) is 10.0 Å². The summed E-state index contributed by atoms with van der Waals surface area (Å²) in [6.07, 6.45) is 1.25. The number of imidazole rings is 1. The topological polar surface area (TPSA) is 122 Å². The number of aliphatic hydroxyl groups is 1. The van der Waals surface area contributed by atoms with Gasteiger partial charge in [-0.15, -0.1) is 0 Å². The fourth-order valence-electron chi connectivity index (χ4n) is 4.98. The lowest BCUT2D eigenvalue weighted by atomic mass is 9.92. The third-order valence-electron chi connectivity index (χ3n) is 6.95. The average molecular weight is 670 g/mol. The smallest absolute Gasteiger partial charge is 0.338 e. The summed E-state index contributed by atoms with van der Waals surface area (Å²) in [6, 6.07) is 12.0. The van der Waals surface area contributed by atoms with Gasteiger partial charge in [0.15, 0.2) is 5.03 Å². The van der Waals surface area contributed by atoms with Crippen LogP contribution in [0.25, 0.3) is 0 Å². The summed E-state index contributed by atoms with van der Waals surface area (Å²) >= 11 is 15.9. The first-order valence-electron chi connectivity index (χ1n) is 12.0. The second-order valence-electron chi connectivity index (χ2n) is 9.58. The van der Waals surface area contributed by atoms with Crippen molar-refractivity contribution in [3.63, 3.8) is 0 Å². The number of amides is 1. The molecule has 0 bridgehead atoms. The Morgan fingerprint density at radius 3 is 2.45 bits per heavy atom. The van der Waals surface area contributed by atoms with E-state index in [4.69, 9.17) is 27.9 Å². The Labute approximate surface area is 248 Å². The summed E-state index contributed by atoms with van der Waals surface area (Å²) in [6.45, 7) is 1.17. The third-order valence-corrected chi connectivity index (χ3v) is 9.73. The van der Waals surface area contributed by atoms with Gasteiger partial charge in [-0.25, -0.2) is 23.1 Å². The van der Waals surface area contributed by atoms with Crippen molar-refractivity contribution in [1.29, 1.82) is 0 Å². The van der Waals surface area contributed by atoms with E-state index in [9.17, 15) is 23.1 Å². The van der Waals surface area contributed by atoms with Gasteiger partial charge < -0.3 is 9.84 Å². The molecule has 3 heterocycles. The summed E-state index contributed by atoms with van der Waals surface area (Å²) < 4.78 is 36.1. The lowest BCUT2D eigenvalue weighted by Gasteiger charge is -2.30. The number of benzene rings is 2.